The van der Waals surface area contributed by atoms with Gasteiger partial charge in [-0.05, 0) is 36.4 Å². The summed E-state index contributed by atoms with van der Waals surface area (Å²) in [5, 5.41) is 6.66. The molecule has 0 aliphatic carbocycles. The zero-order valence-electron chi connectivity index (χ0n) is 13.5. The number of alkyl halides is 5. The standard InChI is InChI=1S/C17H12F5N3OS/c18-16(19)27-13-6-4-12(5-7-13)23-9-14-24-15(25-26-14)10-2-1-3-11(8-10)17(20,21)22/h1-8,16,23H,9H2. The van der Waals surface area contributed by atoms with Gasteiger partial charge in [-0.15, -0.1) is 0 Å². The van der Waals surface area contributed by atoms with Crippen LogP contribution in [0.4, 0.5) is 27.6 Å². The second-order valence-electron chi connectivity index (χ2n) is 5.35. The Morgan fingerprint density at radius 3 is 2.48 bits per heavy atom. The molecule has 0 amide bonds. The van der Waals surface area contributed by atoms with Crippen LogP contribution in [0.1, 0.15) is 11.5 Å². The molecule has 2 aromatic carbocycles. The fraction of sp³-hybridized carbons (Fsp3) is 0.176. The first-order chi connectivity index (χ1) is 12.8. The molecule has 0 aliphatic heterocycles. The molecule has 0 saturated carbocycles. The molecular weight excluding hydrogens is 389 g/mol. The Bertz CT molecular complexity index is 896. The zero-order valence-corrected chi connectivity index (χ0v) is 14.3. The van der Waals surface area contributed by atoms with Crippen molar-refractivity contribution in [2.45, 2.75) is 23.4 Å². The molecule has 0 saturated heterocycles. The monoisotopic (exact) mass is 401 g/mol. The van der Waals surface area contributed by atoms with Crippen LogP contribution in [0.2, 0.25) is 0 Å². The maximum Gasteiger partial charge on any atom is 0.416 e. The Labute approximate surface area is 154 Å². The second-order valence-corrected chi connectivity index (χ2v) is 6.41. The summed E-state index contributed by atoms with van der Waals surface area (Å²) in [5.74, 6) is -2.27. The molecule has 0 spiro atoms. The van der Waals surface area contributed by atoms with Gasteiger partial charge in [-0.25, -0.2) is 0 Å². The van der Waals surface area contributed by atoms with E-state index >= 15 is 0 Å². The maximum absolute atomic E-state index is 12.8. The molecule has 1 aromatic heterocycles. The number of nitrogens with one attached hydrogen (secondary N) is 1. The third-order valence-corrected chi connectivity index (χ3v) is 4.16. The van der Waals surface area contributed by atoms with Crippen LogP contribution in [0.25, 0.3) is 11.4 Å². The lowest BCUT2D eigenvalue weighted by atomic mass is 10.1. The predicted octanol–water partition coefficient (Wildman–Crippen LogP) is 5.68. The molecule has 0 radical (unpaired) electrons. The van der Waals surface area contributed by atoms with Gasteiger partial charge >= 0.3 is 6.18 Å². The molecule has 1 N–H and O–H groups in total. The topological polar surface area (TPSA) is 51.0 Å². The third-order valence-electron chi connectivity index (χ3n) is 3.44. The number of benzene rings is 2. The van der Waals surface area contributed by atoms with E-state index < -0.39 is 17.5 Å². The minimum absolute atomic E-state index is 0.0431. The van der Waals surface area contributed by atoms with Gasteiger partial charge in [0.25, 0.3) is 5.76 Å². The summed E-state index contributed by atoms with van der Waals surface area (Å²) in [4.78, 5) is 4.50. The van der Waals surface area contributed by atoms with Gasteiger partial charge in [0, 0.05) is 16.1 Å². The lowest BCUT2D eigenvalue weighted by Crippen LogP contribution is -2.04. The van der Waals surface area contributed by atoms with Crippen molar-refractivity contribution in [3.63, 3.8) is 0 Å². The van der Waals surface area contributed by atoms with Crippen LogP contribution in [-0.4, -0.2) is 15.9 Å². The Balaban J connectivity index is 1.65. The highest BCUT2D eigenvalue weighted by atomic mass is 32.2. The van der Waals surface area contributed by atoms with E-state index in [2.05, 4.69) is 15.5 Å². The van der Waals surface area contributed by atoms with Gasteiger partial charge in [0.05, 0.1) is 12.1 Å². The summed E-state index contributed by atoms with van der Waals surface area (Å²) < 4.78 is 67.9. The highest BCUT2D eigenvalue weighted by molar-refractivity contribution is 7.99. The summed E-state index contributed by atoms with van der Waals surface area (Å²) in [6.07, 6.45) is -4.46. The quantitative estimate of drug-likeness (QED) is 0.425. The first-order valence-electron chi connectivity index (χ1n) is 7.60. The summed E-state index contributed by atoms with van der Waals surface area (Å²) in [6, 6.07) is 11.0. The molecule has 1 heterocycles. The van der Waals surface area contributed by atoms with E-state index in [0.717, 1.165) is 12.1 Å². The number of hydrogen-bond donors (Lipinski definition) is 1. The summed E-state index contributed by atoms with van der Waals surface area (Å²) in [6.45, 7) is 0.132. The Morgan fingerprint density at radius 2 is 1.81 bits per heavy atom. The average Bonchev–Trinajstić information content (AvgIpc) is 3.09. The number of anilines is 1. The molecule has 0 fully saturated rings. The lowest BCUT2D eigenvalue weighted by molar-refractivity contribution is -0.137. The molecule has 0 aliphatic rings. The van der Waals surface area contributed by atoms with E-state index in [1.54, 1.807) is 24.3 Å². The Hall–Kier alpha value is -2.62. The third kappa shape index (κ3) is 5.19. The molecule has 3 aromatic rings. The predicted molar refractivity (Wildman–Crippen MR) is 90.4 cm³/mol. The minimum Gasteiger partial charge on any atom is -0.376 e. The van der Waals surface area contributed by atoms with Gasteiger partial charge in [-0.1, -0.05) is 29.1 Å². The van der Waals surface area contributed by atoms with Crippen LogP contribution < -0.4 is 5.32 Å². The molecule has 27 heavy (non-hydrogen) atoms. The van der Waals surface area contributed by atoms with Gasteiger partial charge in [0.2, 0.25) is 11.7 Å². The van der Waals surface area contributed by atoms with Crippen LogP contribution >= 0.6 is 11.8 Å². The van der Waals surface area contributed by atoms with Gasteiger partial charge < -0.3 is 9.84 Å². The number of thioether (sulfide) groups is 1. The van der Waals surface area contributed by atoms with Crippen molar-refractivity contribution in [1.29, 1.82) is 0 Å². The number of rotatable bonds is 6. The smallest absolute Gasteiger partial charge is 0.376 e. The molecular formula is C17H12F5N3OS. The molecule has 0 atom stereocenters. The number of nitrogens with zero attached hydrogens (tertiary/aromatic N) is 2. The fourth-order valence-corrected chi connectivity index (χ4v) is 2.71. The van der Waals surface area contributed by atoms with Gasteiger partial charge in [0.15, 0.2) is 0 Å². The van der Waals surface area contributed by atoms with Crippen molar-refractivity contribution >= 4 is 17.4 Å². The molecule has 0 bridgehead atoms. The molecule has 142 valence electrons. The van der Waals surface area contributed by atoms with E-state index in [1.165, 1.54) is 12.1 Å². The molecule has 0 unspecified atom stereocenters. The van der Waals surface area contributed by atoms with Gasteiger partial charge in [-0.3, -0.25) is 0 Å². The molecule has 4 nitrogen and oxygen atoms in total. The largest absolute Gasteiger partial charge is 0.416 e. The van der Waals surface area contributed by atoms with E-state index in [9.17, 15) is 22.0 Å². The minimum atomic E-state index is -4.46. The van der Waals surface area contributed by atoms with E-state index in [0.29, 0.717) is 22.3 Å². The van der Waals surface area contributed by atoms with Crippen molar-refractivity contribution in [1.82, 2.24) is 10.1 Å². The molecule has 10 heteroatoms. The normalized spacial score (nSPS) is 11.8. The first-order valence-corrected chi connectivity index (χ1v) is 8.48. The van der Waals surface area contributed by atoms with Crippen molar-refractivity contribution in [2.75, 3.05) is 5.32 Å². The highest BCUT2D eigenvalue weighted by Gasteiger charge is 2.30. The number of halogens is 5. The SMILES string of the molecule is FC(F)Sc1ccc(NCc2nc(-c3cccc(C(F)(F)F)c3)no2)cc1. The van der Waals surface area contributed by atoms with E-state index in [1.807, 2.05) is 0 Å². The van der Waals surface area contributed by atoms with Crippen LogP contribution in [0.5, 0.6) is 0 Å². The number of hydrogen-bond acceptors (Lipinski definition) is 5. The Kier molecular flexibility index (Phi) is 5.64. The lowest BCUT2D eigenvalue weighted by Gasteiger charge is -2.06. The van der Waals surface area contributed by atoms with Crippen LogP contribution in [0.3, 0.4) is 0 Å². The Morgan fingerprint density at radius 1 is 1.07 bits per heavy atom. The van der Waals surface area contributed by atoms with E-state index in [-0.39, 0.29) is 23.8 Å². The van der Waals surface area contributed by atoms with E-state index in [4.69, 9.17) is 4.52 Å². The molecule has 3 rings (SSSR count). The fourth-order valence-electron chi connectivity index (χ4n) is 2.21. The van der Waals surface area contributed by atoms with Crippen molar-refractivity contribution in [2.24, 2.45) is 0 Å². The van der Waals surface area contributed by atoms with Crippen molar-refractivity contribution in [3.8, 4) is 11.4 Å². The summed E-state index contributed by atoms with van der Waals surface area (Å²) >= 11 is 0.443. The number of aromatic nitrogens is 2. The summed E-state index contributed by atoms with van der Waals surface area (Å²) in [7, 11) is 0. The average molecular weight is 401 g/mol. The first kappa shape index (κ1) is 19.2. The van der Waals surface area contributed by atoms with Crippen LogP contribution in [0.15, 0.2) is 57.9 Å². The highest BCUT2D eigenvalue weighted by Crippen LogP contribution is 2.31. The maximum atomic E-state index is 12.8. The van der Waals surface area contributed by atoms with Crippen LogP contribution in [0, 0.1) is 0 Å². The van der Waals surface area contributed by atoms with Gasteiger partial charge in [-0.2, -0.15) is 26.9 Å². The van der Waals surface area contributed by atoms with Crippen molar-refractivity contribution < 1.29 is 26.5 Å². The summed E-state index contributed by atoms with van der Waals surface area (Å²) in [5.41, 5.74) is 0.0341. The van der Waals surface area contributed by atoms with Crippen molar-refractivity contribution in [3.05, 3.63) is 60.0 Å². The second kappa shape index (κ2) is 7.95. The van der Waals surface area contributed by atoms with Crippen LogP contribution in [-0.2, 0) is 12.7 Å². The zero-order chi connectivity index (χ0) is 19.4. The van der Waals surface area contributed by atoms with Gasteiger partial charge in [0.1, 0.15) is 0 Å².